The van der Waals surface area contributed by atoms with E-state index < -0.39 is 12.1 Å². The molecule has 2 rings (SSSR count). The normalized spacial score (nSPS) is 11.5. The van der Waals surface area contributed by atoms with Crippen LogP contribution in [0.5, 0.6) is 0 Å². The number of nitrogens with two attached hydrogens (primary N) is 1. The van der Waals surface area contributed by atoms with Gasteiger partial charge in [-0.15, -0.1) is 0 Å². The quantitative estimate of drug-likeness (QED) is 0.482. The maximum atomic E-state index is 12.6. The summed E-state index contributed by atoms with van der Waals surface area (Å²) < 4.78 is 0. The zero-order valence-corrected chi connectivity index (χ0v) is 16.8. The predicted molar refractivity (Wildman–Crippen MR) is 113 cm³/mol. The van der Waals surface area contributed by atoms with E-state index in [1.54, 1.807) is 12.1 Å². The maximum absolute atomic E-state index is 12.6. The van der Waals surface area contributed by atoms with Crippen molar-refractivity contribution in [2.45, 2.75) is 38.8 Å². The number of carbonyl (C=O) groups excluding carboxylic acids is 2. The molecule has 0 bridgehead atoms. The summed E-state index contributed by atoms with van der Waals surface area (Å²) in [6.45, 7) is 2.88. The van der Waals surface area contributed by atoms with Crippen LogP contribution in [-0.2, 0) is 11.3 Å². The third kappa shape index (κ3) is 7.58. The molecule has 0 aromatic heterocycles. The van der Waals surface area contributed by atoms with Crippen LogP contribution in [0.1, 0.15) is 30.4 Å². The number of amides is 3. The van der Waals surface area contributed by atoms with Gasteiger partial charge in [-0.1, -0.05) is 41.4 Å². The Labute approximate surface area is 170 Å². The van der Waals surface area contributed by atoms with Crippen LogP contribution in [0.2, 0.25) is 5.02 Å². The first-order valence-corrected chi connectivity index (χ1v) is 9.72. The lowest BCUT2D eigenvalue weighted by atomic mass is 10.1. The van der Waals surface area contributed by atoms with Crippen LogP contribution in [0, 0.1) is 6.92 Å². The zero-order valence-electron chi connectivity index (χ0n) is 16.0. The van der Waals surface area contributed by atoms with Gasteiger partial charge in [0.05, 0.1) is 0 Å². The van der Waals surface area contributed by atoms with E-state index in [1.165, 1.54) is 0 Å². The van der Waals surface area contributed by atoms with E-state index in [2.05, 4.69) is 16.0 Å². The van der Waals surface area contributed by atoms with Gasteiger partial charge in [-0.25, -0.2) is 4.79 Å². The van der Waals surface area contributed by atoms with E-state index >= 15 is 0 Å². The molecule has 0 spiro atoms. The van der Waals surface area contributed by atoms with E-state index in [0.717, 1.165) is 24.0 Å². The number of hydrogen-bond acceptors (Lipinski definition) is 3. The Morgan fingerprint density at radius 1 is 1.04 bits per heavy atom. The highest BCUT2D eigenvalue weighted by atomic mass is 35.5. The summed E-state index contributed by atoms with van der Waals surface area (Å²) in [5.74, 6) is -0.248. The van der Waals surface area contributed by atoms with Crippen molar-refractivity contribution in [2.24, 2.45) is 5.73 Å². The molecule has 0 aliphatic carbocycles. The first-order chi connectivity index (χ1) is 13.5. The van der Waals surface area contributed by atoms with Crippen LogP contribution in [0.3, 0.4) is 0 Å². The summed E-state index contributed by atoms with van der Waals surface area (Å²) in [4.78, 5) is 24.9. The van der Waals surface area contributed by atoms with Crippen molar-refractivity contribution >= 4 is 29.2 Å². The summed E-state index contributed by atoms with van der Waals surface area (Å²) in [7, 11) is 0. The number of carbonyl (C=O) groups is 2. The lowest BCUT2D eigenvalue weighted by Crippen LogP contribution is -2.47. The minimum Gasteiger partial charge on any atom is -0.334 e. The first-order valence-electron chi connectivity index (χ1n) is 9.34. The van der Waals surface area contributed by atoms with E-state index in [4.69, 9.17) is 17.3 Å². The molecule has 2 aromatic rings. The van der Waals surface area contributed by atoms with Crippen molar-refractivity contribution in [3.05, 3.63) is 64.7 Å². The smallest absolute Gasteiger partial charge is 0.315 e. The molecule has 2 aromatic carbocycles. The van der Waals surface area contributed by atoms with Crippen LogP contribution in [-0.4, -0.2) is 24.5 Å². The highest BCUT2D eigenvalue weighted by Crippen LogP contribution is 2.11. The van der Waals surface area contributed by atoms with Crippen molar-refractivity contribution in [1.29, 1.82) is 0 Å². The molecule has 0 radical (unpaired) electrons. The second-order valence-corrected chi connectivity index (χ2v) is 7.08. The van der Waals surface area contributed by atoms with Gasteiger partial charge in [-0.3, -0.25) is 4.79 Å². The van der Waals surface area contributed by atoms with Gasteiger partial charge in [0, 0.05) is 17.3 Å². The zero-order chi connectivity index (χ0) is 20.4. The van der Waals surface area contributed by atoms with Gasteiger partial charge in [0.2, 0.25) is 5.91 Å². The standard InChI is InChI=1S/C21H27ClN4O2/c1-15-5-11-18(12-6-15)25-20(27)19(4-2-3-13-23)26-21(28)24-14-16-7-9-17(22)10-8-16/h5-12,19H,2-4,13-14,23H2,1H3,(H,25,27)(H2,24,26,28)/t19-/m1/s1. The Morgan fingerprint density at radius 2 is 1.71 bits per heavy atom. The van der Waals surface area contributed by atoms with E-state index in [9.17, 15) is 9.59 Å². The largest absolute Gasteiger partial charge is 0.334 e. The monoisotopic (exact) mass is 402 g/mol. The maximum Gasteiger partial charge on any atom is 0.315 e. The second-order valence-electron chi connectivity index (χ2n) is 6.65. The number of hydrogen-bond donors (Lipinski definition) is 4. The van der Waals surface area contributed by atoms with Crippen LogP contribution in [0.4, 0.5) is 10.5 Å². The van der Waals surface area contributed by atoms with E-state index in [0.29, 0.717) is 30.2 Å². The summed E-state index contributed by atoms with van der Waals surface area (Å²) in [6, 6.07) is 13.7. The van der Waals surface area contributed by atoms with E-state index in [-0.39, 0.29) is 5.91 Å². The van der Waals surface area contributed by atoms with Gasteiger partial charge in [0.1, 0.15) is 6.04 Å². The number of anilines is 1. The van der Waals surface area contributed by atoms with Crippen molar-refractivity contribution < 1.29 is 9.59 Å². The van der Waals surface area contributed by atoms with Crippen LogP contribution >= 0.6 is 11.6 Å². The topological polar surface area (TPSA) is 96.2 Å². The Kier molecular flexibility index (Phi) is 8.78. The van der Waals surface area contributed by atoms with Crippen LogP contribution in [0.25, 0.3) is 0 Å². The Hall–Kier alpha value is -2.57. The highest BCUT2D eigenvalue weighted by Gasteiger charge is 2.20. The van der Waals surface area contributed by atoms with Gasteiger partial charge in [0.25, 0.3) is 0 Å². The number of unbranched alkanes of at least 4 members (excludes halogenated alkanes) is 1. The number of rotatable bonds is 9. The lowest BCUT2D eigenvalue weighted by Gasteiger charge is -2.19. The van der Waals surface area contributed by atoms with Crippen molar-refractivity contribution in [2.75, 3.05) is 11.9 Å². The Bertz CT molecular complexity index is 763. The molecule has 0 aliphatic rings. The van der Waals surface area contributed by atoms with Crippen LogP contribution < -0.4 is 21.7 Å². The fourth-order valence-electron chi connectivity index (χ4n) is 2.62. The molecule has 28 heavy (non-hydrogen) atoms. The fourth-order valence-corrected chi connectivity index (χ4v) is 2.75. The molecule has 0 fully saturated rings. The third-order valence-electron chi connectivity index (χ3n) is 4.25. The second kappa shape index (κ2) is 11.3. The molecule has 6 nitrogen and oxygen atoms in total. The van der Waals surface area contributed by atoms with Gasteiger partial charge >= 0.3 is 6.03 Å². The summed E-state index contributed by atoms with van der Waals surface area (Å²) in [5.41, 5.74) is 8.27. The molecule has 0 unspecified atom stereocenters. The lowest BCUT2D eigenvalue weighted by molar-refractivity contribution is -0.118. The van der Waals surface area contributed by atoms with Gasteiger partial charge in [-0.2, -0.15) is 0 Å². The molecule has 150 valence electrons. The summed E-state index contributed by atoms with van der Waals surface area (Å²) in [5, 5.41) is 9.02. The van der Waals surface area contributed by atoms with Gasteiger partial charge < -0.3 is 21.7 Å². The van der Waals surface area contributed by atoms with Gasteiger partial charge in [0.15, 0.2) is 0 Å². The summed E-state index contributed by atoms with van der Waals surface area (Å²) >= 11 is 5.86. The van der Waals surface area contributed by atoms with E-state index in [1.807, 2.05) is 43.3 Å². The number of halogens is 1. The minimum atomic E-state index is -0.641. The number of urea groups is 1. The minimum absolute atomic E-state index is 0.248. The number of aryl methyl sites for hydroxylation is 1. The average Bonchev–Trinajstić information content (AvgIpc) is 2.68. The molecule has 0 aliphatic heterocycles. The fraction of sp³-hybridized carbons (Fsp3) is 0.333. The van der Waals surface area contributed by atoms with Crippen molar-refractivity contribution in [3.8, 4) is 0 Å². The molecule has 5 N–H and O–H groups in total. The molecule has 3 amide bonds. The molecule has 1 atom stereocenters. The Morgan fingerprint density at radius 3 is 2.36 bits per heavy atom. The SMILES string of the molecule is Cc1ccc(NC(=O)[C@@H](CCCCN)NC(=O)NCc2ccc(Cl)cc2)cc1. The summed E-state index contributed by atoms with van der Waals surface area (Å²) in [6.07, 6.45) is 2.06. The molecule has 7 heteroatoms. The number of nitrogens with one attached hydrogen (secondary N) is 3. The average molecular weight is 403 g/mol. The molecule has 0 saturated carbocycles. The first kappa shape index (κ1) is 21.7. The molecule has 0 heterocycles. The predicted octanol–water partition coefficient (Wildman–Crippen LogP) is 3.58. The van der Waals surface area contributed by atoms with Gasteiger partial charge in [-0.05, 0) is 62.6 Å². The van der Waals surface area contributed by atoms with Crippen molar-refractivity contribution in [3.63, 3.8) is 0 Å². The third-order valence-corrected chi connectivity index (χ3v) is 4.51. The molecular weight excluding hydrogens is 376 g/mol. The molecule has 0 saturated heterocycles. The number of benzene rings is 2. The Balaban J connectivity index is 1.92. The highest BCUT2D eigenvalue weighted by molar-refractivity contribution is 6.30. The molecular formula is C21H27ClN4O2. The van der Waals surface area contributed by atoms with Crippen LogP contribution in [0.15, 0.2) is 48.5 Å². The van der Waals surface area contributed by atoms with Crippen molar-refractivity contribution in [1.82, 2.24) is 10.6 Å².